The summed E-state index contributed by atoms with van der Waals surface area (Å²) in [5, 5.41) is 1.15. The third kappa shape index (κ3) is 2.25. The highest BCUT2D eigenvalue weighted by Gasteiger charge is 2.11. The Labute approximate surface area is 121 Å². The summed E-state index contributed by atoms with van der Waals surface area (Å²) >= 11 is 6.04. The van der Waals surface area contributed by atoms with Crippen molar-refractivity contribution in [2.45, 2.75) is 6.61 Å². The highest BCUT2D eigenvalue weighted by molar-refractivity contribution is 6.32. The quantitative estimate of drug-likeness (QED) is 0.690. The minimum absolute atomic E-state index is 0.235. The Morgan fingerprint density at radius 2 is 1.95 bits per heavy atom. The monoisotopic (exact) mass is 289 g/mol. The second-order valence-corrected chi connectivity index (χ2v) is 5.03. The Bertz CT molecular complexity index is 766. The van der Waals surface area contributed by atoms with E-state index in [0.29, 0.717) is 16.2 Å². The summed E-state index contributed by atoms with van der Waals surface area (Å²) in [5.41, 5.74) is 1.66. The Hall–Kier alpha value is -2.00. The first kappa shape index (κ1) is 13.0. The molecule has 0 N–H and O–H groups in total. The number of aromatic nitrogens is 1. The van der Waals surface area contributed by atoms with Crippen molar-refractivity contribution in [3.8, 4) is 5.75 Å². The van der Waals surface area contributed by atoms with Crippen molar-refractivity contribution in [2.75, 3.05) is 0 Å². The van der Waals surface area contributed by atoms with Crippen LogP contribution >= 0.6 is 11.6 Å². The second kappa shape index (κ2) is 5.17. The molecular weight excluding hydrogens is 277 g/mol. The van der Waals surface area contributed by atoms with Crippen LogP contribution in [-0.4, -0.2) is 4.57 Å². The molecule has 1 aromatic heterocycles. The van der Waals surface area contributed by atoms with Crippen molar-refractivity contribution in [3.63, 3.8) is 0 Å². The smallest absolute Gasteiger partial charge is 0.138 e. The molecule has 3 aromatic rings. The first-order chi connectivity index (χ1) is 9.66. The number of ether oxygens (including phenoxy) is 1. The highest BCUT2D eigenvalue weighted by atomic mass is 35.5. The third-order valence-electron chi connectivity index (χ3n) is 3.26. The Morgan fingerprint density at radius 3 is 2.75 bits per heavy atom. The molecule has 102 valence electrons. The van der Waals surface area contributed by atoms with Crippen LogP contribution in [0.3, 0.4) is 0 Å². The van der Waals surface area contributed by atoms with Crippen LogP contribution in [0.15, 0.2) is 48.7 Å². The molecule has 0 saturated carbocycles. The lowest BCUT2D eigenvalue weighted by Gasteiger charge is -2.07. The van der Waals surface area contributed by atoms with E-state index in [1.165, 1.54) is 6.07 Å². The van der Waals surface area contributed by atoms with Crippen molar-refractivity contribution < 1.29 is 9.13 Å². The van der Waals surface area contributed by atoms with Gasteiger partial charge in [0.15, 0.2) is 0 Å². The van der Waals surface area contributed by atoms with Crippen LogP contribution in [0.4, 0.5) is 4.39 Å². The predicted molar refractivity (Wildman–Crippen MR) is 78.7 cm³/mol. The minimum atomic E-state index is -0.235. The molecule has 20 heavy (non-hydrogen) atoms. The van der Waals surface area contributed by atoms with Crippen LogP contribution in [0.2, 0.25) is 5.02 Å². The molecule has 3 rings (SSSR count). The number of benzene rings is 2. The van der Waals surface area contributed by atoms with E-state index < -0.39 is 0 Å². The molecule has 4 heteroatoms. The molecular formula is C16H13ClFNO. The van der Waals surface area contributed by atoms with Crippen LogP contribution in [-0.2, 0) is 13.7 Å². The molecule has 2 nitrogen and oxygen atoms in total. The second-order valence-electron chi connectivity index (χ2n) is 4.62. The fourth-order valence-electron chi connectivity index (χ4n) is 2.32. The molecule has 2 aromatic carbocycles. The maximum Gasteiger partial charge on any atom is 0.138 e. The molecule has 0 radical (unpaired) electrons. The van der Waals surface area contributed by atoms with Gasteiger partial charge in [0.05, 0.1) is 10.5 Å². The molecule has 0 bridgehead atoms. The normalized spacial score (nSPS) is 10.9. The Balaban J connectivity index is 1.94. The average molecular weight is 290 g/mol. The molecule has 0 atom stereocenters. The van der Waals surface area contributed by atoms with Gasteiger partial charge in [-0.25, -0.2) is 4.39 Å². The first-order valence-corrected chi connectivity index (χ1v) is 6.64. The number of hydrogen-bond acceptors (Lipinski definition) is 1. The highest BCUT2D eigenvalue weighted by Crippen LogP contribution is 2.27. The van der Waals surface area contributed by atoms with Gasteiger partial charge in [-0.1, -0.05) is 29.8 Å². The van der Waals surface area contributed by atoms with Gasteiger partial charge in [-0.05, 0) is 24.3 Å². The van der Waals surface area contributed by atoms with Crippen molar-refractivity contribution in [1.29, 1.82) is 0 Å². The number of hydrogen-bond donors (Lipinski definition) is 0. The van der Waals surface area contributed by atoms with E-state index in [-0.39, 0.29) is 12.4 Å². The van der Waals surface area contributed by atoms with E-state index in [2.05, 4.69) is 0 Å². The molecule has 0 unspecified atom stereocenters. The summed E-state index contributed by atoms with van der Waals surface area (Å²) in [5.74, 6) is 0.364. The van der Waals surface area contributed by atoms with E-state index in [0.717, 1.165) is 11.1 Å². The molecule has 1 heterocycles. The predicted octanol–water partition coefficient (Wildman–Crippen LogP) is 4.55. The minimum Gasteiger partial charge on any atom is -0.487 e. The zero-order chi connectivity index (χ0) is 14.1. The van der Waals surface area contributed by atoms with Crippen LogP contribution < -0.4 is 4.74 Å². The maximum absolute atomic E-state index is 14.0. The van der Waals surface area contributed by atoms with Gasteiger partial charge in [0, 0.05) is 24.2 Å². The van der Waals surface area contributed by atoms with Crippen molar-refractivity contribution in [1.82, 2.24) is 4.57 Å². The molecule has 0 aliphatic heterocycles. The standard InChI is InChI=1S/C16H13ClFNO/c1-19-9-11(16-13(18)6-4-7-14(16)19)10-20-15-8-3-2-5-12(15)17/h2-9H,10H2,1H3. The first-order valence-electron chi connectivity index (χ1n) is 6.26. The summed E-state index contributed by atoms with van der Waals surface area (Å²) in [6.07, 6.45) is 1.88. The number of fused-ring (bicyclic) bond motifs is 1. The zero-order valence-corrected chi connectivity index (χ0v) is 11.7. The largest absolute Gasteiger partial charge is 0.487 e. The van der Waals surface area contributed by atoms with Gasteiger partial charge in [0.1, 0.15) is 18.2 Å². The fraction of sp³-hybridized carbons (Fsp3) is 0.125. The Morgan fingerprint density at radius 1 is 1.15 bits per heavy atom. The Kier molecular flexibility index (Phi) is 3.36. The average Bonchev–Trinajstić information content (AvgIpc) is 2.76. The van der Waals surface area contributed by atoms with Gasteiger partial charge >= 0.3 is 0 Å². The molecule has 0 amide bonds. The SMILES string of the molecule is Cn1cc(COc2ccccc2Cl)c2c(F)cccc21. The van der Waals surface area contributed by atoms with Crippen LogP contribution in [0, 0.1) is 5.82 Å². The summed E-state index contributed by atoms with van der Waals surface area (Å²) in [7, 11) is 1.89. The van der Waals surface area contributed by atoms with E-state index in [1.807, 2.05) is 36.0 Å². The van der Waals surface area contributed by atoms with Crippen LogP contribution in [0.1, 0.15) is 5.56 Å². The van der Waals surface area contributed by atoms with Gasteiger partial charge in [0.25, 0.3) is 0 Å². The lowest BCUT2D eigenvalue weighted by molar-refractivity contribution is 0.307. The van der Waals surface area contributed by atoms with E-state index in [1.54, 1.807) is 18.2 Å². The van der Waals surface area contributed by atoms with Crippen LogP contribution in [0.5, 0.6) is 5.75 Å². The number of rotatable bonds is 3. The van der Waals surface area contributed by atoms with Gasteiger partial charge in [0.2, 0.25) is 0 Å². The topological polar surface area (TPSA) is 14.2 Å². The third-order valence-corrected chi connectivity index (χ3v) is 3.57. The summed E-state index contributed by atoms with van der Waals surface area (Å²) in [6.45, 7) is 0.280. The van der Waals surface area contributed by atoms with Gasteiger partial charge in [-0.15, -0.1) is 0 Å². The maximum atomic E-state index is 14.0. The molecule has 0 saturated heterocycles. The van der Waals surface area contributed by atoms with E-state index in [9.17, 15) is 4.39 Å². The van der Waals surface area contributed by atoms with Gasteiger partial charge in [-0.2, -0.15) is 0 Å². The van der Waals surface area contributed by atoms with E-state index >= 15 is 0 Å². The summed E-state index contributed by atoms with van der Waals surface area (Å²) in [6, 6.07) is 12.3. The zero-order valence-electron chi connectivity index (χ0n) is 10.9. The van der Waals surface area contributed by atoms with E-state index in [4.69, 9.17) is 16.3 Å². The van der Waals surface area contributed by atoms with Gasteiger partial charge in [-0.3, -0.25) is 0 Å². The van der Waals surface area contributed by atoms with Gasteiger partial charge < -0.3 is 9.30 Å². The molecule has 0 fully saturated rings. The number of nitrogens with zero attached hydrogens (tertiary/aromatic N) is 1. The summed E-state index contributed by atoms with van der Waals surface area (Å²) in [4.78, 5) is 0. The fourth-order valence-corrected chi connectivity index (χ4v) is 2.51. The van der Waals surface area contributed by atoms with Crippen LogP contribution in [0.25, 0.3) is 10.9 Å². The van der Waals surface area contributed by atoms with Crippen molar-refractivity contribution in [3.05, 3.63) is 65.1 Å². The van der Waals surface area contributed by atoms with Crippen molar-refractivity contribution >= 4 is 22.5 Å². The molecule has 0 aliphatic carbocycles. The summed E-state index contributed by atoms with van der Waals surface area (Å²) < 4.78 is 21.6. The lowest BCUT2D eigenvalue weighted by Crippen LogP contribution is -1.95. The number of halogens is 2. The van der Waals surface area contributed by atoms with Crippen molar-refractivity contribution in [2.24, 2.45) is 7.05 Å². The molecule has 0 spiro atoms. The molecule has 0 aliphatic rings. The number of aryl methyl sites for hydroxylation is 1. The number of para-hydroxylation sites is 1. The lowest BCUT2D eigenvalue weighted by atomic mass is 10.2.